The average molecular weight is 917 g/mol. The van der Waals surface area contributed by atoms with Gasteiger partial charge < -0.3 is 14.2 Å². The van der Waals surface area contributed by atoms with Gasteiger partial charge in [0.15, 0.2) is 6.10 Å². The van der Waals surface area contributed by atoms with E-state index in [1.807, 2.05) is 0 Å². The lowest BCUT2D eigenvalue weighted by molar-refractivity contribution is -0.167. The molecule has 0 radical (unpaired) electrons. The minimum absolute atomic E-state index is 0.0929. The standard InChI is InChI=1S/C60H100O6/c1-4-7-10-13-16-19-21-23-25-27-29-30-32-33-35-37-39-41-44-47-50-53-59(62)65-56-57(55-64-58(61)52-49-46-43-18-15-12-9-6-3)66-60(63)54-51-48-45-42-40-38-36-34-31-28-26-24-22-20-17-14-11-8-5-2/h7,10,16-17,19-20,23-26,29-30,33,35,39,41,57H,4-6,8-9,11-15,18,21-22,27-28,31-32,34,36-38,40,42-56H2,1-3H3/b10-7-,19-16-,20-17-,25-23-,26-24-,30-29-,35-33-,41-39-. The van der Waals surface area contributed by atoms with Crippen LogP contribution < -0.4 is 0 Å². The summed E-state index contributed by atoms with van der Waals surface area (Å²) in [7, 11) is 0. The van der Waals surface area contributed by atoms with E-state index in [4.69, 9.17) is 14.2 Å². The van der Waals surface area contributed by atoms with E-state index in [1.165, 1.54) is 103 Å². The maximum atomic E-state index is 12.8. The van der Waals surface area contributed by atoms with Crippen molar-refractivity contribution < 1.29 is 28.6 Å². The summed E-state index contributed by atoms with van der Waals surface area (Å²) in [5, 5.41) is 0. The summed E-state index contributed by atoms with van der Waals surface area (Å²) in [6.07, 6.45) is 71.2. The summed E-state index contributed by atoms with van der Waals surface area (Å²) >= 11 is 0. The third kappa shape index (κ3) is 51.3. The van der Waals surface area contributed by atoms with Gasteiger partial charge in [-0.05, 0) is 103 Å². The van der Waals surface area contributed by atoms with Gasteiger partial charge in [0.2, 0.25) is 0 Å². The highest BCUT2D eigenvalue weighted by atomic mass is 16.6. The van der Waals surface area contributed by atoms with E-state index in [9.17, 15) is 14.4 Å². The molecule has 6 nitrogen and oxygen atoms in total. The van der Waals surface area contributed by atoms with E-state index >= 15 is 0 Å². The number of carbonyl (C=O) groups excluding carboxylic acids is 3. The molecular weight excluding hydrogens is 817 g/mol. The number of allylic oxidation sites excluding steroid dienone is 16. The highest BCUT2D eigenvalue weighted by Gasteiger charge is 2.19. The van der Waals surface area contributed by atoms with Gasteiger partial charge in [-0.2, -0.15) is 0 Å². The Balaban J connectivity index is 4.37. The Kier molecular flexibility index (Phi) is 50.9. The molecule has 1 unspecified atom stereocenters. The molecule has 0 aromatic carbocycles. The van der Waals surface area contributed by atoms with Crippen molar-refractivity contribution in [3.8, 4) is 0 Å². The first kappa shape index (κ1) is 62.3. The Morgan fingerprint density at radius 2 is 0.591 bits per heavy atom. The Morgan fingerprint density at radius 3 is 0.985 bits per heavy atom. The third-order valence-electron chi connectivity index (χ3n) is 11.3. The van der Waals surface area contributed by atoms with E-state index in [1.54, 1.807) is 0 Å². The number of hydrogen-bond donors (Lipinski definition) is 0. The summed E-state index contributed by atoms with van der Waals surface area (Å²) < 4.78 is 16.7. The third-order valence-corrected chi connectivity index (χ3v) is 11.3. The van der Waals surface area contributed by atoms with Gasteiger partial charge in [-0.3, -0.25) is 14.4 Å². The zero-order valence-electron chi connectivity index (χ0n) is 42.9. The van der Waals surface area contributed by atoms with Crippen molar-refractivity contribution in [2.45, 2.75) is 252 Å². The topological polar surface area (TPSA) is 78.9 Å². The second-order valence-corrected chi connectivity index (χ2v) is 17.8. The number of esters is 3. The van der Waals surface area contributed by atoms with Gasteiger partial charge in [-0.1, -0.05) is 221 Å². The molecule has 0 saturated carbocycles. The van der Waals surface area contributed by atoms with Gasteiger partial charge in [-0.25, -0.2) is 0 Å². The zero-order chi connectivity index (χ0) is 47.9. The number of unbranched alkanes of at least 4 members (excludes halogenated alkanes) is 21. The smallest absolute Gasteiger partial charge is 0.306 e. The van der Waals surface area contributed by atoms with E-state index in [0.29, 0.717) is 19.3 Å². The van der Waals surface area contributed by atoms with Crippen LogP contribution in [-0.4, -0.2) is 37.2 Å². The molecule has 0 amide bonds. The molecule has 0 rings (SSSR count). The second kappa shape index (κ2) is 53.9. The quantitative estimate of drug-likeness (QED) is 0.0262. The minimum atomic E-state index is -0.796. The fourth-order valence-corrected chi connectivity index (χ4v) is 7.24. The second-order valence-electron chi connectivity index (χ2n) is 17.8. The molecule has 0 saturated heterocycles. The SMILES string of the molecule is CC/C=C\C/C=C\C/C=C\C/C=C\C/C=C\C/C=C\CCCCC(=O)OCC(COC(=O)CCCCCCCCCC)OC(=O)CCCCCCCCCCC/C=C\C/C=C\CCCCC. The Morgan fingerprint density at radius 1 is 0.318 bits per heavy atom. The van der Waals surface area contributed by atoms with Crippen LogP contribution in [-0.2, 0) is 28.6 Å². The van der Waals surface area contributed by atoms with Crippen molar-refractivity contribution >= 4 is 17.9 Å². The van der Waals surface area contributed by atoms with Crippen molar-refractivity contribution in [1.29, 1.82) is 0 Å². The summed E-state index contributed by atoms with van der Waals surface area (Å²) in [6, 6.07) is 0. The summed E-state index contributed by atoms with van der Waals surface area (Å²) in [4.78, 5) is 37.9. The van der Waals surface area contributed by atoms with Crippen molar-refractivity contribution in [3.05, 3.63) is 97.2 Å². The summed E-state index contributed by atoms with van der Waals surface area (Å²) in [6.45, 7) is 6.43. The van der Waals surface area contributed by atoms with E-state index < -0.39 is 6.10 Å². The van der Waals surface area contributed by atoms with Crippen LogP contribution in [0.25, 0.3) is 0 Å². The van der Waals surface area contributed by atoms with Crippen LogP contribution in [0.5, 0.6) is 0 Å². The summed E-state index contributed by atoms with van der Waals surface area (Å²) in [5.74, 6) is -0.947. The van der Waals surface area contributed by atoms with Crippen LogP contribution in [0.3, 0.4) is 0 Å². The summed E-state index contributed by atoms with van der Waals surface area (Å²) in [5.41, 5.74) is 0. The molecule has 0 aromatic heterocycles. The Bertz CT molecular complexity index is 1330. The molecule has 0 fully saturated rings. The van der Waals surface area contributed by atoms with Crippen molar-refractivity contribution in [3.63, 3.8) is 0 Å². The molecule has 1 atom stereocenters. The highest BCUT2D eigenvalue weighted by Crippen LogP contribution is 2.14. The molecule has 0 spiro atoms. The van der Waals surface area contributed by atoms with Crippen LogP contribution in [0, 0.1) is 0 Å². The van der Waals surface area contributed by atoms with Crippen LogP contribution >= 0.6 is 0 Å². The molecular formula is C60H100O6. The minimum Gasteiger partial charge on any atom is -0.462 e. The molecule has 0 heterocycles. The molecule has 0 aliphatic heterocycles. The van der Waals surface area contributed by atoms with Gasteiger partial charge in [0.1, 0.15) is 13.2 Å². The number of ether oxygens (including phenoxy) is 3. The van der Waals surface area contributed by atoms with Gasteiger partial charge in [0.05, 0.1) is 0 Å². The average Bonchev–Trinajstić information content (AvgIpc) is 3.31. The predicted molar refractivity (Wildman–Crippen MR) is 284 cm³/mol. The monoisotopic (exact) mass is 917 g/mol. The fraction of sp³-hybridized carbons (Fsp3) is 0.683. The molecule has 0 aromatic rings. The molecule has 0 aliphatic rings. The van der Waals surface area contributed by atoms with Crippen molar-refractivity contribution in [2.75, 3.05) is 13.2 Å². The first-order chi connectivity index (χ1) is 32.5. The van der Waals surface area contributed by atoms with Crippen LogP contribution in [0.4, 0.5) is 0 Å². The normalized spacial score (nSPS) is 12.8. The maximum absolute atomic E-state index is 12.8. The lowest BCUT2D eigenvalue weighted by atomic mass is 10.1. The molecule has 6 heteroatoms. The first-order valence-corrected chi connectivity index (χ1v) is 27.2. The fourth-order valence-electron chi connectivity index (χ4n) is 7.24. The van der Waals surface area contributed by atoms with Crippen LogP contribution in [0.2, 0.25) is 0 Å². The van der Waals surface area contributed by atoms with E-state index in [0.717, 1.165) is 103 Å². The maximum Gasteiger partial charge on any atom is 0.306 e. The molecule has 0 bridgehead atoms. The zero-order valence-corrected chi connectivity index (χ0v) is 42.9. The number of carbonyl (C=O) groups is 3. The molecule has 0 aliphatic carbocycles. The lowest BCUT2D eigenvalue weighted by Crippen LogP contribution is -2.30. The van der Waals surface area contributed by atoms with Gasteiger partial charge in [-0.15, -0.1) is 0 Å². The molecule has 376 valence electrons. The Hall–Kier alpha value is -3.67. The molecule has 0 N–H and O–H groups in total. The van der Waals surface area contributed by atoms with E-state index in [-0.39, 0.29) is 31.1 Å². The lowest BCUT2D eigenvalue weighted by Gasteiger charge is -2.18. The van der Waals surface area contributed by atoms with Crippen LogP contribution in [0.15, 0.2) is 97.2 Å². The van der Waals surface area contributed by atoms with E-state index in [2.05, 4.69) is 118 Å². The first-order valence-electron chi connectivity index (χ1n) is 27.2. The predicted octanol–water partition coefficient (Wildman–Crippen LogP) is 18.1. The Labute approximate surface area is 407 Å². The van der Waals surface area contributed by atoms with Crippen molar-refractivity contribution in [1.82, 2.24) is 0 Å². The largest absolute Gasteiger partial charge is 0.462 e. The van der Waals surface area contributed by atoms with Gasteiger partial charge >= 0.3 is 17.9 Å². The highest BCUT2D eigenvalue weighted by molar-refractivity contribution is 5.71. The van der Waals surface area contributed by atoms with Gasteiger partial charge in [0, 0.05) is 19.3 Å². The van der Waals surface area contributed by atoms with Gasteiger partial charge in [0.25, 0.3) is 0 Å². The van der Waals surface area contributed by atoms with Crippen LogP contribution in [0.1, 0.15) is 245 Å². The molecule has 66 heavy (non-hydrogen) atoms. The van der Waals surface area contributed by atoms with Crippen molar-refractivity contribution in [2.24, 2.45) is 0 Å². The number of rotatable bonds is 48. The number of hydrogen-bond acceptors (Lipinski definition) is 6.